The third-order valence-electron chi connectivity index (χ3n) is 1.27. The smallest absolute Gasteiger partial charge is 0.115 e. The van der Waals surface area contributed by atoms with E-state index in [2.05, 4.69) is 6.92 Å². The van der Waals surface area contributed by atoms with Gasteiger partial charge in [-0.25, -0.2) is 0 Å². The number of hydrogen-bond acceptors (Lipinski definition) is 1. The topological polar surface area (TPSA) is 20.2 Å². The van der Waals surface area contributed by atoms with E-state index in [1.165, 1.54) is 0 Å². The highest BCUT2D eigenvalue weighted by Gasteiger charge is 1.89. The first-order chi connectivity index (χ1) is 4.83. The van der Waals surface area contributed by atoms with Crippen LogP contribution in [0.25, 0.3) is 0 Å². The third-order valence-corrected chi connectivity index (χ3v) is 1.27. The molecule has 0 aliphatic rings. The Morgan fingerprint density at radius 3 is 2.40 bits per heavy atom. The average molecular weight is 134 g/mol. The molecule has 1 aromatic rings. The van der Waals surface area contributed by atoms with Crippen molar-refractivity contribution < 1.29 is 5.11 Å². The van der Waals surface area contributed by atoms with Crippen LogP contribution in [0.2, 0.25) is 0 Å². The van der Waals surface area contributed by atoms with Crippen LogP contribution >= 0.6 is 0 Å². The molecule has 0 fully saturated rings. The van der Waals surface area contributed by atoms with Crippen LogP contribution in [-0.4, -0.2) is 5.11 Å². The summed E-state index contributed by atoms with van der Waals surface area (Å²) in [7, 11) is 0. The summed E-state index contributed by atoms with van der Waals surface area (Å²) < 4.78 is 0. The fraction of sp³-hybridized carbons (Fsp3) is 0.111. The number of benzene rings is 1. The van der Waals surface area contributed by atoms with E-state index in [4.69, 9.17) is 5.11 Å². The minimum absolute atomic E-state index is 0.307. The molecule has 1 rings (SSSR count). The van der Waals surface area contributed by atoms with E-state index in [9.17, 15) is 0 Å². The van der Waals surface area contributed by atoms with Gasteiger partial charge in [0.1, 0.15) is 5.75 Å². The fourth-order valence-corrected chi connectivity index (χ4v) is 0.777. The molecule has 0 saturated carbocycles. The summed E-state index contributed by atoms with van der Waals surface area (Å²) >= 11 is 0. The SMILES string of the molecule is [CH2]C[CH]c1ccc(O)cc1. The maximum Gasteiger partial charge on any atom is 0.115 e. The van der Waals surface area contributed by atoms with Gasteiger partial charge in [-0.05, 0) is 30.5 Å². The van der Waals surface area contributed by atoms with Crippen molar-refractivity contribution in [1.29, 1.82) is 0 Å². The second-order valence-corrected chi connectivity index (χ2v) is 2.08. The van der Waals surface area contributed by atoms with Gasteiger partial charge in [0.15, 0.2) is 0 Å². The highest BCUT2D eigenvalue weighted by atomic mass is 16.3. The molecule has 10 heavy (non-hydrogen) atoms. The third kappa shape index (κ3) is 1.76. The van der Waals surface area contributed by atoms with Gasteiger partial charge in [0.25, 0.3) is 0 Å². The van der Waals surface area contributed by atoms with E-state index >= 15 is 0 Å². The first-order valence-corrected chi connectivity index (χ1v) is 3.24. The van der Waals surface area contributed by atoms with Gasteiger partial charge in [-0.2, -0.15) is 0 Å². The van der Waals surface area contributed by atoms with Crippen LogP contribution in [0.5, 0.6) is 5.75 Å². The standard InChI is InChI=1S/C9H10O/c1-2-3-8-4-6-9(10)7-5-8/h3-7,10H,1-2H2. The van der Waals surface area contributed by atoms with Crippen LogP contribution in [0, 0.1) is 13.3 Å². The van der Waals surface area contributed by atoms with Crippen LogP contribution < -0.4 is 0 Å². The number of hydrogen-bond donors (Lipinski definition) is 1. The lowest BCUT2D eigenvalue weighted by Crippen LogP contribution is -1.77. The molecular weight excluding hydrogens is 124 g/mol. The zero-order valence-electron chi connectivity index (χ0n) is 5.75. The Labute approximate surface area is 61.3 Å². The predicted molar refractivity (Wildman–Crippen MR) is 41.5 cm³/mol. The minimum atomic E-state index is 0.307. The van der Waals surface area contributed by atoms with E-state index in [1.54, 1.807) is 12.1 Å². The molecule has 52 valence electrons. The Kier molecular flexibility index (Phi) is 2.32. The van der Waals surface area contributed by atoms with Gasteiger partial charge in [0.2, 0.25) is 0 Å². The molecule has 0 bridgehead atoms. The molecule has 0 aliphatic carbocycles. The highest BCUT2D eigenvalue weighted by molar-refractivity contribution is 5.30. The first kappa shape index (κ1) is 7.13. The molecule has 0 aromatic heterocycles. The Hall–Kier alpha value is -0.980. The van der Waals surface area contributed by atoms with Gasteiger partial charge >= 0.3 is 0 Å². The second-order valence-electron chi connectivity index (χ2n) is 2.08. The monoisotopic (exact) mass is 134 g/mol. The predicted octanol–water partition coefficient (Wildman–Crippen LogP) is 2.17. The van der Waals surface area contributed by atoms with E-state index in [1.807, 2.05) is 18.6 Å². The largest absolute Gasteiger partial charge is 0.508 e. The van der Waals surface area contributed by atoms with Gasteiger partial charge in [-0.15, -0.1) is 0 Å². The lowest BCUT2D eigenvalue weighted by atomic mass is 10.1. The summed E-state index contributed by atoms with van der Waals surface area (Å²) in [5.41, 5.74) is 1.10. The Morgan fingerprint density at radius 2 is 1.90 bits per heavy atom. The van der Waals surface area contributed by atoms with E-state index < -0.39 is 0 Å². The molecule has 0 saturated heterocycles. The summed E-state index contributed by atoms with van der Waals surface area (Å²) in [5, 5.41) is 8.90. The van der Waals surface area contributed by atoms with E-state index in [0.29, 0.717) is 5.75 Å². The number of rotatable bonds is 2. The molecule has 0 heterocycles. The van der Waals surface area contributed by atoms with Crippen molar-refractivity contribution in [2.24, 2.45) is 0 Å². The second kappa shape index (κ2) is 3.25. The lowest BCUT2D eigenvalue weighted by Gasteiger charge is -1.96. The molecule has 1 heteroatoms. The van der Waals surface area contributed by atoms with Crippen molar-refractivity contribution >= 4 is 0 Å². The van der Waals surface area contributed by atoms with Crippen LogP contribution in [0.15, 0.2) is 24.3 Å². The van der Waals surface area contributed by atoms with Gasteiger partial charge in [0.05, 0.1) is 0 Å². The summed E-state index contributed by atoms with van der Waals surface area (Å²) in [4.78, 5) is 0. The quantitative estimate of drug-likeness (QED) is 0.657. The van der Waals surface area contributed by atoms with Crippen molar-refractivity contribution in [2.45, 2.75) is 6.42 Å². The van der Waals surface area contributed by atoms with Crippen molar-refractivity contribution in [1.82, 2.24) is 0 Å². The molecule has 0 atom stereocenters. The van der Waals surface area contributed by atoms with Crippen LogP contribution in [0.3, 0.4) is 0 Å². The maximum absolute atomic E-state index is 8.90. The Morgan fingerprint density at radius 1 is 1.30 bits per heavy atom. The summed E-state index contributed by atoms with van der Waals surface area (Å²) in [6, 6.07) is 7.06. The molecule has 0 spiro atoms. The maximum atomic E-state index is 8.90. The van der Waals surface area contributed by atoms with Gasteiger partial charge in [-0.1, -0.05) is 19.1 Å². The molecule has 0 unspecified atom stereocenters. The highest BCUT2D eigenvalue weighted by Crippen LogP contribution is 2.11. The van der Waals surface area contributed by atoms with Crippen LogP contribution in [-0.2, 0) is 0 Å². The summed E-state index contributed by atoms with van der Waals surface area (Å²) in [6.07, 6.45) is 2.78. The van der Waals surface area contributed by atoms with Gasteiger partial charge in [0, 0.05) is 0 Å². The molecule has 1 nitrogen and oxygen atoms in total. The van der Waals surface area contributed by atoms with E-state index in [-0.39, 0.29) is 0 Å². The van der Waals surface area contributed by atoms with Crippen molar-refractivity contribution in [3.63, 3.8) is 0 Å². The zero-order valence-corrected chi connectivity index (χ0v) is 5.75. The molecule has 0 aliphatic heterocycles. The van der Waals surface area contributed by atoms with Crippen molar-refractivity contribution in [3.05, 3.63) is 43.2 Å². The van der Waals surface area contributed by atoms with Gasteiger partial charge < -0.3 is 5.11 Å². The number of phenolic OH excluding ortho intramolecular Hbond substituents is 1. The van der Waals surface area contributed by atoms with Crippen LogP contribution in [0.1, 0.15) is 12.0 Å². The molecule has 1 N–H and O–H groups in total. The van der Waals surface area contributed by atoms with E-state index in [0.717, 1.165) is 12.0 Å². The first-order valence-electron chi connectivity index (χ1n) is 3.24. The van der Waals surface area contributed by atoms with Crippen LogP contribution in [0.4, 0.5) is 0 Å². The summed E-state index contributed by atoms with van der Waals surface area (Å²) in [5.74, 6) is 0.307. The normalized spacial score (nSPS) is 9.70. The Balaban J connectivity index is 2.69. The number of aromatic hydroxyl groups is 1. The molecular formula is C9H10O. The molecule has 2 radical (unpaired) electrons. The molecule has 0 amide bonds. The lowest BCUT2D eigenvalue weighted by molar-refractivity contribution is 0.475. The van der Waals surface area contributed by atoms with Gasteiger partial charge in [-0.3, -0.25) is 0 Å². The molecule has 1 aromatic carbocycles. The minimum Gasteiger partial charge on any atom is -0.508 e. The Bertz CT molecular complexity index is 188. The average Bonchev–Trinajstić information content (AvgIpc) is 1.95. The summed E-state index contributed by atoms with van der Waals surface area (Å²) in [6.45, 7) is 3.69. The van der Waals surface area contributed by atoms with Crippen molar-refractivity contribution in [3.8, 4) is 5.75 Å². The fourth-order valence-electron chi connectivity index (χ4n) is 0.777. The van der Waals surface area contributed by atoms with Crippen molar-refractivity contribution in [2.75, 3.05) is 0 Å². The number of phenols is 1. The zero-order chi connectivity index (χ0) is 7.40.